The molecule has 0 amide bonds. The summed E-state index contributed by atoms with van der Waals surface area (Å²) in [7, 11) is 0. The van der Waals surface area contributed by atoms with E-state index in [9.17, 15) is 4.79 Å². The second-order valence-electron chi connectivity index (χ2n) is 2.52. The SMILES string of the molecule is C[CH]C(=O)c1cccc(C)c1. The molecule has 0 saturated carbocycles. The van der Waals surface area contributed by atoms with Crippen LogP contribution in [0.25, 0.3) is 0 Å². The molecule has 0 spiro atoms. The number of carbonyl (C=O) groups excluding carboxylic acids is 1. The Balaban J connectivity index is 2.96. The molecule has 0 heterocycles. The van der Waals surface area contributed by atoms with E-state index in [1.54, 1.807) is 13.3 Å². The lowest BCUT2D eigenvalue weighted by Gasteiger charge is -1.97. The molecule has 0 aliphatic heterocycles. The van der Waals surface area contributed by atoms with Crippen molar-refractivity contribution in [2.45, 2.75) is 13.8 Å². The Morgan fingerprint density at radius 1 is 1.45 bits per heavy atom. The van der Waals surface area contributed by atoms with Gasteiger partial charge < -0.3 is 0 Å². The Bertz CT molecular complexity index is 263. The minimum atomic E-state index is 0.0914. The van der Waals surface area contributed by atoms with Gasteiger partial charge in [0.1, 0.15) is 0 Å². The smallest absolute Gasteiger partial charge is 0.166 e. The van der Waals surface area contributed by atoms with Gasteiger partial charge in [0.25, 0.3) is 0 Å². The number of ketones is 1. The van der Waals surface area contributed by atoms with E-state index in [-0.39, 0.29) is 5.78 Å². The minimum absolute atomic E-state index is 0.0914. The van der Waals surface area contributed by atoms with Crippen molar-refractivity contribution in [3.8, 4) is 0 Å². The Kier molecular flexibility index (Phi) is 2.42. The number of benzene rings is 1. The Morgan fingerprint density at radius 3 is 2.73 bits per heavy atom. The molecule has 1 heteroatoms. The summed E-state index contributed by atoms with van der Waals surface area (Å²) in [6.07, 6.45) is 1.58. The lowest BCUT2D eigenvalue weighted by atomic mass is 10.1. The summed E-state index contributed by atoms with van der Waals surface area (Å²) in [5.41, 5.74) is 1.89. The van der Waals surface area contributed by atoms with Crippen molar-refractivity contribution < 1.29 is 4.79 Å². The van der Waals surface area contributed by atoms with Gasteiger partial charge in [-0.3, -0.25) is 4.79 Å². The maximum Gasteiger partial charge on any atom is 0.166 e. The van der Waals surface area contributed by atoms with Crippen LogP contribution >= 0.6 is 0 Å². The van der Waals surface area contributed by atoms with Crippen molar-refractivity contribution in [3.63, 3.8) is 0 Å². The molecule has 0 unspecified atom stereocenters. The maximum atomic E-state index is 11.1. The first-order chi connectivity index (χ1) is 5.24. The van der Waals surface area contributed by atoms with Crippen molar-refractivity contribution in [2.75, 3.05) is 0 Å². The Morgan fingerprint density at radius 2 is 2.18 bits per heavy atom. The second-order valence-corrected chi connectivity index (χ2v) is 2.52. The molecule has 1 radical (unpaired) electrons. The first kappa shape index (κ1) is 7.99. The monoisotopic (exact) mass is 147 g/mol. The van der Waals surface area contributed by atoms with Gasteiger partial charge in [0.05, 0.1) is 0 Å². The molecule has 0 saturated heterocycles. The minimum Gasteiger partial charge on any atom is -0.294 e. The third-order valence-corrected chi connectivity index (χ3v) is 1.56. The van der Waals surface area contributed by atoms with Gasteiger partial charge in [-0.25, -0.2) is 0 Å². The van der Waals surface area contributed by atoms with E-state index in [0.717, 1.165) is 11.1 Å². The van der Waals surface area contributed by atoms with Gasteiger partial charge in [-0.2, -0.15) is 0 Å². The number of hydrogen-bond donors (Lipinski definition) is 0. The van der Waals surface area contributed by atoms with Gasteiger partial charge in [-0.1, -0.05) is 30.7 Å². The van der Waals surface area contributed by atoms with Gasteiger partial charge in [0.2, 0.25) is 0 Å². The molecule has 0 fully saturated rings. The molecule has 1 aromatic carbocycles. The molecule has 0 aliphatic carbocycles. The molecule has 0 aromatic heterocycles. The highest BCUT2D eigenvalue weighted by molar-refractivity contribution is 6.02. The highest BCUT2D eigenvalue weighted by Crippen LogP contribution is 2.05. The summed E-state index contributed by atoms with van der Waals surface area (Å²) in [6, 6.07) is 7.59. The first-order valence-corrected chi connectivity index (χ1v) is 3.64. The number of hydrogen-bond acceptors (Lipinski definition) is 1. The van der Waals surface area contributed by atoms with E-state index < -0.39 is 0 Å². The summed E-state index contributed by atoms with van der Waals surface area (Å²) in [4.78, 5) is 11.1. The van der Waals surface area contributed by atoms with Crippen LogP contribution in [0.2, 0.25) is 0 Å². The van der Waals surface area contributed by atoms with Crippen LogP contribution in [0, 0.1) is 13.3 Å². The predicted octanol–water partition coefficient (Wildman–Crippen LogP) is 2.40. The fourth-order valence-corrected chi connectivity index (χ4v) is 0.965. The zero-order chi connectivity index (χ0) is 8.27. The third kappa shape index (κ3) is 1.90. The van der Waals surface area contributed by atoms with Crippen LogP contribution in [0.15, 0.2) is 24.3 Å². The average molecular weight is 147 g/mol. The number of rotatable bonds is 2. The van der Waals surface area contributed by atoms with Gasteiger partial charge in [0.15, 0.2) is 5.78 Å². The van der Waals surface area contributed by atoms with Crippen LogP contribution in [0.4, 0.5) is 0 Å². The molecule has 0 N–H and O–H groups in total. The number of Topliss-reactive ketones (excluding diaryl/α,β-unsaturated/α-hetero) is 1. The van der Waals surface area contributed by atoms with Crippen LogP contribution in [0.3, 0.4) is 0 Å². The van der Waals surface area contributed by atoms with Crippen LogP contribution in [0.1, 0.15) is 22.8 Å². The van der Waals surface area contributed by atoms with Gasteiger partial charge in [-0.05, 0) is 13.0 Å². The van der Waals surface area contributed by atoms with Crippen LogP contribution in [0.5, 0.6) is 0 Å². The summed E-state index contributed by atoms with van der Waals surface area (Å²) >= 11 is 0. The van der Waals surface area contributed by atoms with Crippen molar-refractivity contribution in [1.82, 2.24) is 0 Å². The van der Waals surface area contributed by atoms with Gasteiger partial charge >= 0.3 is 0 Å². The van der Waals surface area contributed by atoms with Crippen LogP contribution in [-0.2, 0) is 0 Å². The van der Waals surface area contributed by atoms with E-state index in [4.69, 9.17) is 0 Å². The van der Waals surface area contributed by atoms with E-state index in [1.807, 2.05) is 31.2 Å². The average Bonchev–Trinajstić information content (AvgIpc) is 2.03. The molecular formula is C10H11O. The molecule has 0 atom stereocenters. The molecule has 0 aliphatic rings. The van der Waals surface area contributed by atoms with Crippen molar-refractivity contribution >= 4 is 5.78 Å². The van der Waals surface area contributed by atoms with Gasteiger partial charge in [0, 0.05) is 12.0 Å². The molecule has 1 aromatic rings. The predicted molar refractivity (Wildman–Crippen MR) is 45.5 cm³/mol. The lowest BCUT2D eigenvalue weighted by molar-refractivity contribution is 0.103. The fraction of sp³-hybridized carbons (Fsp3) is 0.200. The summed E-state index contributed by atoms with van der Waals surface area (Å²) in [6.45, 7) is 3.73. The molecule has 0 bridgehead atoms. The molecule has 1 nitrogen and oxygen atoms in total. The second kappa shape index (κ2) is 3.33. The zero-order valence-electron chi connectivity index (χ0n) is 6.79. The maximum absolute atomic E-state index is 11.1. The number of carbonyl (C=O) groups is 1. The van der Waals surface area contributed by atoms with E-state index >= 15 is 0 Å². The lowest BCUT2D eigenvalue weighted by Crippen LogP contribution is -1.96. The number of aryl methyl sites for hydroxylation is 1. The van der Waals surface area contributed by atoms with Crippen molar-refractivity contribution in [3.05, 3.63) is 41.8 Å². The van der Waals surface area contributed by atoms with E-state index in [0.29, 0.717) is 0 Å². The normalized spacial score (nSPS) is 9.64. The van der Waals surface area contributed by atoms with Crippen LogP contribution < -0.4 is 0 Å². The Hall–Kier alpha value is -1.11. The van der Waals surface area contributed by atoms with E-state index in [2.05, 4.69) is 0 Å². The summed E-state index contributed by atoms with van der Waals surface area (Å²) in [5.74, 6) is 0.0914. The topological polar surface area (TPSA) is 17.1 Å². The molecule has 57 valence electrons. The zero-order valence-corrected chi connectivity index (χ0v) is 6.79. The highest BCUT2D eigenvalue weighted by Gasteiger charge is 2.00. The molecule has 11 heavy (non-hydrogen) atoms. The standard InChI is InChI=1S/C10H11O/c1-3-10(11)9-6-4-5-8(2)7-9/h3-7H,1-2H3. The van der Waals surface area contributed by atoms with Crippen LogP contribution in [-0.4, -0.2) is 5.78 Å². The quantitative estimate of drug-likeness (QED) is 0.587. The summed E-state index contributed by atoms with van der Waals surface area (Å²) in [5, 5.41) is 0. The summed E-state index contributed by atoms with van der Waals surface area (Å²) < 4.78 is 0. The Labute approximate surface area is 67.1 Å². The van der Waals surface area contributed by atoms with Crippen molar-refractivity contribution in [1.29, 1.82) is 0 Å². The largest absolute Gasteiger partial charge is 0.294 e. The first-order valence-electron chi connectivity index (χ1n) is 3.64. The highest BCUT2D eigenvalue weighted by atomic mass is 16.1. The molecule has 1 rings (SSSR count). The van der Waals surface area contributed by atoms with E-state index in [1.165, 1.54) is 0 Å². The van der Waals surface area contributed by atoms with Crippen molar-refractivity contribution in [2.24, 2.45) is 0 Å². The van der Waals surface area contributed by atoms with Gasteiger partial charge in [-0.15, -0.1) is 0 Å². The fourth-order valence-electron chi connectivity index (χ4n) is 0.965. The molecular weight excluding hydrogens is 136 g/mol. The third-order valence-electron chi connectivity index (χ3n) is 1.56.